The molecule has 0 fully saturated rings. The van der Waals surface area contributed by atoms with Gasteiger partial charge < -0.3 is 10.8 Å². The first-order valence-corrected chi connectivity index (χ1v) is 5.61. The van der Waals surface area contributed by atoms with Crippen LogP contribution in [0.1, 0.15) is 24.8 Å². The van der Waals surface area contributed by atoms with E-state index in [1.807, 2.05) is 12.1 Å². The minimum Gasteiger partial charge on any atom is -0.395 e. The summed E-state index contributed by atoms with van der Waals surface area (Å²) in [7, 11) is 0. The molecule has 0 aliphatic rings. The van der Waals surface area contributed by atoms with E-state index in [0.717, 1.165) is 12.0 Å². The van der Waals surface area contributed by atoms with E-state index in [2.05, 4.69) is 6.92 Å². The van der Waals surface area contributed by atoms with Gasteiger partial charge in [-0.2, -0.15) is 0 Å². The molecule has 0 radical (unpaired) electrons. The molecule has 0 saturated carbocycles. The van der Waals surface area contributed by atoms with Crippen LogP contribution >= 0.6 is 23.2 Å². The fourth-order valence-corrected chi connectivity index (χ4v) is 1.79. The van der Waals surface area contributed by atoms with Gasteiger partial charge in [0.2, 0.25) is 0 Å². The van der Waals surface area contributed by atoms with Crippen LogP contribution in [0.5, 0.6) is 0 Å². The van der Waals surface area contributed by atoms with Crippen molar-refractivity contribution >= 4 is 23.2 Å². The number of hydrogen-bond acceptors (Lipinski definition) is 2. The van der Waals surface area contributed by atoms with Crippen molar-refractivity contribution in [2.75, 3.05) is 6.61 Å². The van der Waals surface area contributed by atoms with Crippen molar-refractivity contribution in [1.82, 2.24) is 0 Å². The molecule has 15 heavy (non-hydrogen) atoms. The van der Waals surface area contributed by atoms with Gasteiger partial charge in [0.25, 0.3) is 0 Å². The normalized spacial score (nSPS) is 15.0. The molecule has 4 heteroatoms. The Morgan fingerprint density at radius 2 is 2.00 bits per heavy atom. The quantitative estimate of drug-likeness (QED) is 0.860. The molecule has 0 amide bonds. The molecular weight excluding hydrogens is 233 g/mol. The van der Waals surface area contributed by atoms with Gasteiger partial charge >= 0.3 is 0 Å². The Bertz CT molecular complexity index is 330. The molecule has 1 unspecified atom stereocenters. The largest absolute Gasteiger partial charge is 0.395 e. The predicted octanol–water partition coefficient (Wildman–Crippen LogP) is 2.81. The molecule has 1 aromatic carbocycles. The lowest BCUT2D eigenvalue weighted by molar-refractivity contribution is 0.255. The summed E-state index contributed by atoms with van der Waals surface area (Å²) in [5, 5.41) is 9.97. The summed E-state index contributed by atoms with van der Waals surface area (Å²) in [6.45, 7) is 2.06. The third kappa shape index (κ3) is 3.65. The molecule has 0 spiro atoms. The number of nitrogens with two attached hydrogens (primary N) is 1. The lowest BCUT2D eigenvalue weighted by Gasteiger charge is -2.16. The number of benzene rings is 1. The van der Waals surface area contributed by atoms with Gasteiger partial charge in [0.1, 0.15) is 0 Å². The van der Waals surface area contributed by atoms with E-state index in [4.69, 9.17) is 34.0 Å². The fraction of sp³-hybridized carbons (Fsp3) is 0.455. The van der Waals surface area contributed by atoms with Gasteiger partial charge in [-0.1, -0.05) is 36.2 Å². The zero-order valence-corrected chi connectivity index (χ0v) is 10.1. The summed E-state index contributed by atoms with van der Waals surface area (Å²) in [5.74, 6) is 0.266. The minimum absolute atomic E-state index is 0.00562. The van der Waals surface area contributed by atoms with Crippen molar-refractivity contribution in [3.8, 4) is 0 Å². The first-order chi connectivity index (χ1) is 7.04. The maximum atomic E-state index is 8.86. The highest BCUT2D eigenvalue weighted by atomic mass is 35.5. The maximum absolute atomic E-state index is 8.86. The van der Waals surface area contributed by atoms with Crippen molar-refractivity contribution < 1.29 is 5.11 Å². The van der Waals surface area contributed by atoms with Gasteiger partial charge in [-0.3, -0.25) is 0 Å². The van der Waals surface area contributed by atoms with E-state index in [1.54, 1.807) is 6.07 Å². The first-order valence-electron chi connectivity index (χ1n) is 4.86. The van der Waals surface area contributed by atoms with E-state index >= 15 is 0 Å². The highest BCUT2D eigenvalue weighted by molar-refractivity contribution is 6.42. The van der Waals surface area contributed by atoms with Crippen LogP contribution in [0, 0.1) is 0 Å². The second-order valence-corrected chi connectivity index (χ2v) is 4.57. The van der Waals surface area contributed by atoms with Crippen molar-refractivity contribution in [1.29, 1.82) is 0 Å². The zero-order valence-electron chi connectivity index (χ0n) is 8.58. The summed E-state index contributed by atoms with van der Waals surface area (Å²) in [6, 6.07) is 5.37. The van der Waals surface area contributed by atoms with Crippen LogP contribution in [0.25, 0.3) is 0 Å². The summed E-state index contributed by atoms with van der Waals surface area (Å²) in [4.78, 5) is 0. The summed E-state index contributed by atoms with van der Waals surface area (Å²) in [6.07, 6.45) is 0.731. The maximum Gasteiger partial charge on any atom is 0.0595 e. The van der Waals surface area contributed by atoms with Crippen LogP contribution in [0.3, 0.4) is 0 Å². The van der Waals surface area contributed by atoms with Gasteiger partial charge in [-0.05, 0) is 30.0 Å². The Kier molecular flexibility index (Phi) is 4.87. The Balaban J connectivity index is 2.73. The third-order valence-electron chi connectivity index (χ3n) is 2.40. The molecule has 1 aromatic rings. The average Bonchev–Trinajstić information content (AvgIpc) is 2.21. The van der Waals surface area contributed by atoms with Crippen molar-refractivity contribution in [2.45, 2.75) is 25.3 Å². The second kappa shape index (κ2) is 5.71. The lowest BCUT2D eigenvalue weighted by Crippen LogP contribution is -2.26. The molecule has 0 saturated heterocycles. The zero-order chi connectivity index (χ0) is 11.4. The standard InChI is InChI=1S/C11H15Cl2NO/c1-7(4-9(14)6-15)8-2-3-10(12)11(13)5-8/h2-3,5,7,9,15H,4,6,14H2,1H3/t7?,9-/m0/s1. The number of hydrogen-bond donors (Lipinski definition) is 2. The fourth-order valence-electron chi connectivity index (χ4n) is 1.48. The average molecular weight is 248 g/mol. The topological polar surface area (TPSA) is 46.2 Å². The monoisotopic (exact) mass is 247 g/mol. The smallest absolute Gasteiger partial charge is 0.0595 e. The van der Waals surface area contributed by atoms with Crippen LogP contribution in [-0.4, -0.2) is 17.8 Å². The van der Waals surface area contributed by atoms with Crippen molar-refractivity contribution in [3.63, 3.8) is 0 Å². The van der Waals surface area contributed by atoms with Crippen LogP contribution in [0.2, 0.25) is 10.0 Å². The van der Waals surface area contributed by atoms with Crippen molar-refractivity contribution in [3.05, 3.63) is 33.8 Å². The number of halogens is 2. The highest BCUT2D eigenvalue weighted by Crippen LogP contribution is 2.28. The molecule has 0 bridgehead atoms. The lowest BCUT2D eigenvalue weighted by atomic mass is 9.94. The van der Waals surface area contributed by atoms with Crippen LogP contribution in [0.4, 0.5) is 0 Å². The number of aliphatic hydroxyl groups is 1. The predicted molar refractivity (Wildman–Crippen MR) is 64.6 cm³/mol. The van der Waals surface area contributed by atoms with Crippen molar-refractivity contribution in [2.24, 2.45) is 5.73 Å². The Morgan fingerprint density at radius 1 is 1.33 bits per heavy atom. The van der Waals surface area contributed by atoms with Crippen LogP contribution in [-0.2, 0) is 0 Å². The Morgan fingerprint density at radius 3 is 2.53 bits per heavy atom. The minimum atomic E-state index is -0.186. The summed E-state index contributed by atoms with van der Waals surface area (Å²) >= 11 is 11.7. The van der Waals surface area contributed by atoms with E-state index in [0.29, 0.717) is 10.0 Å². The molecule has 0 aliphatic heterocycles. The van der Waals surface area contributed by atoms with Gasteiger partial charge in [0.05, 0.1) is 16.7 Å². The summed E-state index contributed by atoms with van der Waals surface area (Å²) < 4.78 is 0. The molecule has 3 N–H and O–H groups in total. The highest BCUT2D eigenvalue weighted by Gasteiger charge is 2.11. The molecule has 84 valence electrons. The number of rotatable bonds is 4. The first kappa shape index (κ1) is 12.8. The molecule has 0 aliphatic carbocycles. The molecule has 2 nitrogen and oxygen atoms in total. The second-order valence-electron chi connectivity index (χ2n) is 3.75. The van der Waals surface area contributed by atoms with Gasteiger partial charge in [0.15, 0.2) is 0 Å². The Labute approximate surface area is 100.0 Å². The molecule has 0 aromatic heterocycles. The van der Waals surface area contributed by atoms with Gasteiger partial charge in [0, 0.05) is 6.04 Å². The molecule has 2 atom stereocenters. The van der Waals surface area contributed by atoms with Crippen LogP contribution in [0.15, 0.2) is 18.2 Å². The van der Waals surface area contributed by atoms with E-state index < -0.39 is 0 Å². The molecule has 1 rings (SSSR count). The van der Waals surface area contributed by atoms with Gasteiger partial charge in [-0.15, -0.1) is 0 Å². The molecule has 0 heterocycles. The SMILES string of the molecule is CC(C[C@H](N)CO)c1ccc(Cl)c(Cl)c1. The summed E-state index contributed by atoms with van der Waals surface area (Å²) in [5.41, 5.74) is 6.76. The Hall–Kier alpha value is -0.280. The van der Waals surface area contributed by atoms with Gasteiger partial charge in [-0.25, -0.2) is 0 Å². The molecular formula is C11H15Cl2NO. The van der Waals surface area contributed by atoms with E-state index in [1.165, 1.54) is 0 Å². The van der Waals surface area contributed by atoms with E-state index in [-0.39, 0.29) is 18.6 Å². The number of aliphatic hydroxyl groups excluding tert-OH is 1. The van der Waals surface area contributed by atoms with E-state index in [9.17, 15) is 0 Å². The third-order valence-corrected chi connectivity index (χ3v) is 3.14. The van der Waals surface area contributed by atoms with Crippen LogP contribution < -0.4 is 5.73 Å².